The van der Waals surface area contributed by atoms with Crippen molar-refractivity contribution in [3.05, 3.63) is 64.7 Å². The van der Waals surface area contributed by atoms with Crippen molar-refractivity contribution < 1.29 is 4.74 Å². The molecule has 2 heterocycles. The third-order valence-corrected chi connectivity index (χ3v) is 6.00. The van der Waals surface area contributed by atoms with E-state index in [0.717, 1.165) is 18.2 Å². The van der Waals surface area contributed by atoms with Gasteiger partial charge in [0.15, 0.2) is 5.72 Å². The smallest absolute Gasteiger partial charge is 0.170 e. The first-order valence-corrected chi connectivity index (χ1v) is 9.41. The van der Waals surface area contributed by atoms with Gasteiger partial charge in [0.1, 0.15) is 0 Å². The van der Waals surface area contributed by atoms with Crippen LogP contribution in [0.5, 0.6) is 0 Å². The van der Waals surface area contributed by atoms with E-state index in [1.807, 2.05) is 6.07 Å². The van der Waals surface area contributed by atoms with Gasteiger partial charge < -0.3 is 14.5 Å². The predicted molar refractivity (Wildman–Crippen MR) is 110 cm³/mol. The summed E-state index contributed by atoms with van der Waals surface area (Å²) < 4.78 is 6.37. The average molecular weight is 369 g/mol. The molecular formula is C22H25ClN2O. The third-order valence-electron chi connectivity index (χ3n) is 5.77. The monoisotopic (exact) mass is 368 g/mol. The van der Waals surface area contributed by atoms with Crippen molar-refractivity contribution in [2.45, 2.75) is 25.0 Å². The van der Waals surface area contributed by atoms with Crippen molar-refractivity contribution in [2.75, 3.05) is 37.0 Å². The van der Waals surface area contributed by atoms with Gasteiger partial charge in [0.2, 0.25) is 0 Å². The molecule has 0 aromatic heterocycles. The fraction of sp³-hybridized carbons (Fsp3) is 0.364. The maximum atomic E-state index is 6.37. The zero-order valence-corrected chi connectivity index (χ0v) is 16.5. The van der Waals surface area contributed by atoms with Gasteiger partial charge in [-0.15, -0.1) is 0 Å². The second-order valence-electron chi connectivity index (χ2n) is 7.80. The summed E-state index contributed by atoms with van der Waals surface area (Å²) >= 11 is 6.28. The number of hydrogen-bond donors (Lipinski definition) is 0. The van der Waals surface area contributed by atoms with Gasteiger partial charge in [0.25, 0.3) is 0 Å². The number of anilines is 2. The van der Waals surface area contributed by atoms with Crippen LogP contribution < -0.4 is 9.80 Å². The van der Waals surface area contributed by atoms with Crippen molar-refractivity contribution in [2.24, 2.45) is 0 Å². The molecule has 1 unspecified atom stereocenters. The minimum absolute atomic E-state index is 0.191. The number of benzene rings is 2. The fourth-order valence-electron chi connectivity index (χ4n) is 4.23. The van der Waals surface area contributed by atoms with E-state index in [2.05, 4.69) is 86.3 Å². The van der Waals surface area contributed by atoms with Gasteiger partial charge >= 0.3 is 0 Å². The largest absolute Gasteiger partial charge is 0.378 e. The lowest BCUT2D eigenvalue weighted by atomic mass is 9.77. The first-order valence-electron chi connectivity index (χ1n) is 9.03. The summed E-state index contributed by atoms with van der Waals surface area (Å²) in [5.74, 6) is 0. The Bertz CT molecular complexity index is 857. The number of hydrogen-bond acceptors (Lipinski definition) is 3. The molecule has 136 valence electrons. The summed E-state index contributed by atoms with van der Waals surface area (Å²) in [4.78, 5) is 4.48. The molecule has 2 aliphatic rings. The second kappa shape index (κ2) is 6.04. The zero-order chi connectivity index (χ0) is 18.5. The Morgan fingerprint density at radius 1 is 1.12 bits per heavy atom. The van der Waals surface area contributed by atoms with Crippen LogP contribution in [-0.4, -0.2) is 33.0 Å². The molecular weight excluding hydrogens is 344 g/mol. The van der Waals surface area contributed by atoms with Gasteiger partial charge in [0.05, 0.1) is 6.61 Å². The quantitative estimate of drug-likeness (QED) is 0.762. The Morgan fingerprint density at radius 3 is 2.54 bits per heavy atom. The van der Waals surface area contributed by atoms with Crippen LogP contribution in [0.2, 0.25) is 5.02 Å². The first kappa shape index (κ1) is 17.4. The van der Waals surface area contributed by atoms with E-state index < -0.39 is 5.72 Å². The normalized spacial score (nSPS) is 23.3. The Labute approximate surface area is 160 Å². The topological polar surface area (TPSA) is 15.7 Å². The Kier molecular flexibility index (Phi) is 4.05. The van der Waals surface area contributed by atoms with Gasteiger partial charge in [-0.05, 0) is 47.5 Å². The lowest BCUT2D eigenvalue weighted by Gasteiger charge is -2.39. The van der Waals surface area contributed by atoms with Gasteiger partial charge in [-0.25, -0.2) is 0 Å². The minimum Gasteiger partial charge on any atom is -0.378 e. The highest BCUT2D eigenvalue weighted by Gasteiger charge is 2.59. The highest BCUT2D eigenvalue weighted by Crippen LogP contribution is 2.55. The number of fused-ring (bicyclic) bond motifs is 3. The summed E-state index contributed by atoms with van der Waals surface area (Å²) in [6.07, 6.45) is 4.39. The van der Waals surface area contributed by atoms with Crippen LogP contribution in [0, 0.1) is 0 Å². The molecule has 1 fully saturated rings. The van der Waals surface area contributed by atoms with E-state index in [9.17, 15) is 0 Å². The number of rotatable bonds is 3. The maximum Gasteiger partial charge on any atom is 0.170 e. The molecule has 0 radical (unpaired) electrons. The van der Waals surface area contributed by atoms with Gasteiger partial charge in [0, 0.05) is 42.5 Å². The van der Waals surface area contributed by atoms with E-state index in [4.69, 9.17) is 16.3 Å². The number of ether oxygens (including phenoxy) is 1. The van der Waals surface area contributed by atoms with Crippen LogP contribution in [0.3, 0.4) is 0 Å². The van der Waals surface area contributed by atoms with E-state index in [1.165, 1.54) is 22.5 Å². The molecule has 4 rings (SSSR count). The van der Waals surface area contributed by atoms with Crippen molar-refractivity contribution in [1.82, 2.24) is 0 Å². The lowest BCUT2D eigenvalue weighted by Crippen LogP contribution is -2.51. The molecule has 26 heavy (non-hydrogen) atoms. The van der Waals surface area contributed by atoms with Crippen LogP contribution in [-0.2, 0) is 10.2 Å². The number of nitrogens with zero attached hydrogens (tertiary/aromatic N) is 2. The van der Waals surface area contributed by atoms with E-state index >= 15 is 0 Å². The lowest BCUT2D eigenvalue weighted by molar-refractivity contribution is 0.000339. The summed E-state index contributed by atoms with van der Waals surface area (Å²) in [5, 5.41) is 0.774. The minimum atomic E-state index is -0.472. The second-order valence-corrected chi connectivity index (χ2v) is 8.24. The molecule has 0 N–H and O–H groups in total. The SMILES string of the molecule is CN(C)c1ccc(C=CC23OCCN2c2ccc(Cl)cc2C3(C)C)cc1. The predicted octanol–water partition coefficient (Wildman–Crippen LogP) is 4.94. The van der Waals surface area contributed by atoms with Crippen LogP contribution in [0.4, 0.5) is 11.4 Å². The van der Waals surface area contributed by atoms with E-state index in [0.29, 0.717) is 0 Å². The van der Waals surface area contributed by atoms with Crippen LogP contribution in [0.25, 0.3) is 6.08 Å². The Balaban J connectivity index is 1.73. The molecule has 2 aromatic rings. The molecule has 1 atom stereocenters. The summed E-state index contributed by atoms with van der Waals surface area (Å²) in [7, 11) is 4.11. The molecule has 2 aromatic carbocycles. The van der Waals surface area contributed by atoms with E-state index in [1.54, 1.807) is 0 Å². The molecule has 0 bridgehead atoms. The zero-order valence-electron chi connectivity index (χ0n) is 15.8. The average Bonchev–Trinajstić information content (AvgIpc) is 3.11. The summed E-state index contributed by atoms with van der Waals surface area (Å²) in [6.45, 7) is 6.11. The van der Waals surface area contributed by atoms with Crippen molar-refractivity contribution >= 4 is 29.1 Å². The van der Waals surface area contributed by atoms with Crippen molar-refractivity contribution in [3.8, 4) is 0 Å². The van der Waals surface area contributed by atoms with E-state index in [-0.39, 0.29) is 5.41 Å². The fourth-order valence-corrected chi connectivity index (χ4v) is 4.40. The standard InChI is InChI=1S/C22H25ClN2O/c1-21(2)19-15-17(23)7-10-20(19)25-13-14-26-22(21,25)12-11-16-5-8-18(9-6-16)24(3)4/h5-12,15H,13-14H2,1-4H3. The molecule has 0 aliphatic carbocycles. The maximum absolute atomic E-state index is 6.37. The molecule has 0 amide bonds. The van der Waals surface area contributed by atoms with Crippen LogP contribution >= 0.6 is 11.6 Å². The first-order chi connectivity index (χ1) is 12.3. The molecule has 2 aliphatic heterocycles. The Morgan fingerprint density at radius 2 is 1.85 bits per heavy atom. The third kappa shape index (κ3) is 2.45. The molecule has 3 nitrogen and oxygen atoms in total. The van der Waals surface area contributed by atoms with Crippen molar-refractivity contribution in [3.63, 3.8) is 0 Å². The van der Waals surface area contributed by atoms with Gasteiger partial charge in [-0.3, -0.25) is 0 Å². The van der Waals surface area contributed by atoms with Crippen LogP contribution in [0.1, 0.15) is 25.0 Å². The summed E-state index contributed by atoms with van der Waals surface area (Å²) in [5.41, 5.74) is 4.18. The highest BCUT2D eigenvalue weighted by molar-refractivity contribution is 6.30. The highest BCUT2D eigenvalue weighted by atomic mass is 35.5. The summed E-state index contributed by atoms with van der Waals surface area (Å²) in [6, 6.07) is 14.7. The molecule has 0 spiro atoms. The molecule has 0 saturated carbocycles. The molecule has 1 saturated heterocycles. The number of halogens is 1. The van der Waals surface area contributed by atoms with Gasteiger partial charge in [-0.1, -0.05) is 43.7 Å². The Hall–Kier alpha value is -1.97. The van der Waals surface area contributed by atoms with Crippen molar-refractivity contribution in [1.29, 1.82) is 0 Å². The molecule has 4 heteroatoms. The van der Waals surface area contributed by atoms with Gasteiger partial charge in [-0.2, -0.15) is 0 Å². The van der Waals surface area contributed by atoms with Crippen LogP contribution in [0.15, 0.2) is 48.5 Å².